The van der Waals surface area contributed by atoms with Crippen LogP contribution in [0.25, 0.3) is 28.8 Å². The van der Waals surface area contributed by atoms with Gasteiger partial charge in [-0.15, -0.1) is 0 Å². The van der Waals surface area contributed by atoms with Crippen molar-refractivity contribution >= 4 is 23.2 Å². The number of para-hydroxylation sites is 1. The highest BCUT2D eigenvalue weighted by Gasteiger charge is 2.15. The average Bonchev–Trinajstić information content (AvgIpc) is 3.49. The molecule has 160 valence electrons. The fourth-order valence-corrected chi connectivity index (χ4v) is 3.47. The highest BCUT2D eigenvalue weighted by atomic mass is 19.1. The molecule has 7 nitrogen and oxygen atoms in total. The first-order valence-electron chi connectivity index (χ1n) is 10.3. The van der Waals surface area contributed by atoms with Gasteiger partial charge >= 0.3 is 6.01 Å². The predicted octanol–water partition coefficient (Wildman–Crippen LogP) is 4.85. The van der Waals surface area contributed by atoms with Crippen LogP contribution in [-0.4, -0.2) is 38.8 Å². The van der Waals surface area contributed by atoms with Crippen LogP contribution in [0.4, 0.5) is 4.39 Å². The molecule has 0 saturated carbocycles. The Morgan fingerprint density at radius 3 is 2.62 bits per heavy atom. The number of fused-ring (bicyclic) bond motifs is 1. The summed E-state index contributed by atoms with van der Waals surface area (Å²) >= 11 is 0. The Morgan fingerprint density at radius 2 is 1.84 bits per heavy atom. The largest absolute Gasteiger partial charge is 0.421 e. The van der Waals surface area contributed by atoms with E-state index in [0.717, 1.165) is 37.1 Å². The van der Waals surface area contributed by atoms with Gasteiger partial charge in [-0.3, -0.25) is 4.79 Å². The quantitative estimate of drug-likeness (QED) is 0.421. The predicted molar refractivity (Wildman–Crippen MR) is 116 cm³/mol. The first-order chi connectivity index (χ1) is 15.7. The SMILES string of the molecule is O=C(/C=C/c1ccc(-c2nc3cnc(Oc4ccccc4F)nc3o2)cc1)N1CCCC1. The molecule has 2 aromatic heterocycles. The first-order valence-corrected chi connectivity index (χ1v) is 10.3. The number of likely N-dealkylation sites (tertiary alicyclic amines) is 1. The molecule has 4 aromatic rings. The van der Waals surface area contributed by atoms with Gasteiger partial charge in [0.15, 0.2) is 11.6 Å². The molecule has 1 amide bonds. The van der Waals surface area contributed by atoms with E-state index in [-0.39, 0.29) is 23.4 Å². The maximum atomic E-state index is 13.8. The number of hydrogen-bond acceptors (Lipinski definition) is 6. The van der Waals surface area contributed by atoms with Gasteiger partial charge in [0.05, 0.1) is 6.20 Å². The molecule has 0 radical (unpaired) electrons. The van der Waals surface area contributed by atoms with Crippen molar-refractivity contribution in [1.29, 1.82) is 0 Å². The average molecular weight is 430 g/mol. The summed E-state index contributed by atoms with van der Waals surface area (Å²) in [6, 6.07) is 13.5. The van der Waals surface area contributed by atoms with E-state index >= 15 is 0 Å². The summed E-state index contributed by atoms with van der Waals surface area (Å²) < 4.78 is 24.9. The normalized spacial score (nSPS) is 13.8. The number of rotatable bonds is 5. The van der Waals surface area contributed by atoms with E-state index in [0.29, 0.717) is 11.4 Å². The van der Waals surface area contributed by atoms with Crippen molar-refractivity contribution in [2.24, 2.45) is 0 Å². The number of ether oxygens (including phenoxy) is 1. The van der Waals surface area contributed by atoms with Crippen molar-refractivity contribution in [1.82, 2.24) is 19.9 Å². The maximum Gasteiger partial charge on any atom is 0.325 e. The number of benzene rings is 2. The van der Waals surface area contributed by atoms with E-state index in [9.17, 15) is 9.18 Å². The molecule has 5 rings (SSSR count). The number of hydrogen-bond donors (Lipinski definition) is 0. The second-order valence-electron chi connectivity index (χ2n) is 7.38. The van der Waals surface area contributed by atoms with Crippen LogP contribution in [0.15, 0.2) is 65.2 Å². The zero-order chi connectivity index (χ0) is 21.9. The van der Waals surface area contributed by atoms with E-state index in [2.05, 4.69) is 15.0 Å². The lowest BCUT2D eigenvalue weighted by Gasteiger charge is -2.11. The van der Waals surface area contributed by atoms with E-state index < -0.39 is 5.82 Å². The lowest BCUT2D eigenvalue weighted by molar-refractivity contribution is -0.124. The van der Waals surface area contributed by atoms with Crippen molar-refractivity contribution in [3.8, 4) is 23.2 Å². The molecule has 0 unspecified atom stereocenters. The van der Waals surface area contributed by atoms with E-state index in [1.165, 1.54) is 18.3 Å². The highest BCUT2D eigenvalue weighted by molar-refractivity contribution is 5.92. The molecule has 0 spiro atoms. The summed E-state index contributed by atoms with van der Waals surface area (Å²) in [5, 5.41) is 0. The molecule has 2 aromatic carbocycles. The van der Waals surface area contributed by atoms with Gasteiger partial charge in [0.1, 0.15) is 5.52 Å². The molecule has 1 fully saturated rings. The second-order valence-corrected chi connectivity index (χ2v) is 7.38. The van der Waals surface area contributed by atoms with Gasteiger partial charge in [-0.2, -0.15) is 4.98 Å². The lowest BCUT2D eigenvalue weighted by Crippen LogP contribution is -2.25. The van der Waals surface area contributed by atoms with Crippen molar-refractivity contribution in [3.63, 3.8) is 0 Å². The zero-order valence-electron chi connectivity index (χ0n) is 17.1. The number of nitrogens with zero attached hydrogens (tertiary/aromatic N) is 4. The first kappa shape index (κ1) is 19.9. The number of carbonyl (C=O) groups is 1. The van der Waals surface area contributed by atoms with Crippen molar-refractivity contribution in [2.45, 2.75) is 12.8 Å². The smallest absolute Gasteiger partial charge is 0.325 e. The third kappa shape index (κ3) is 4.20. The Bertz CT molecular complexity index is 1290. The summed E-state index contributed by atoms with van der Waals surface area (Å²) in [6.07, 6.45) is 7.01. The van der Waals surface area contributed by atoms with Crippen molar-refractivity contribution in [2.75, 3.05) is 13.1 Å². The molecule has 8 heteroatoms. The van der Waals surface area contributed by atoms with Gasteiger partial charge in [0.25, 0.3) is 5.71 Å². The molecule has 0 atom stereocenters. The Morgan fingerprint density at radius 1 is 1.06 bits per heavy atom. The highest BCUT2D eigenvalue weighted by Crippen LogP contribution is 2.26. The third-order valence-electron chi connectivity index (χ3n) is 5.16. The van der Waals surface area contributed by atoms with Crippen LogP contribution in [0, 0.1) is 5.82 Å². The van der Waals surface area contributed by atoms with Crippen LogP contribution < -0.4 is 4.74 Å². The summed E-state index contributed by atoms with van der Waals surface area (Å²) in [7, 11) is 0. The minimum Gasteiger partial charge on any atom is -0.421 e. The second kappa shape index (κ2) is 8.58. The number of aromatic nitrogens is 3. The summed E-state index contributed by atoms with van der Waals surface area (Å²) in [6.45, 7) is 1.66. The van der Waals surface area contributed by atoms with Crippen LogP contribution in [0.1, 0.15) is 18.4 Å². The van der Waals surface area contributed by atoms with Crippen LogP contribution in [0.5, 0.6) is 11.8 Å². The van der Waals surface area contributed by atoms with Gasteiger partial charge in [-0.1, -0.05) is 24.3 Å². The molecule has 1 saturated heterocycles. The maximum absolute atomic E-state index is 13.8. The number of halogens is 1. The van der Waals surface area contributed by atoms with Gasteiger partial charge in [0, 0.05) is 24.7 Å². The standard InChI is InChI=1S/C24H19FN4O3/c25-18-5-1-2-6-20(18)31-24-26-15-19-23(28-24)32-22(27-19)17-10-7-16(8-11-17)9-12-21(30)29-13-3-4-14-29/h1-2,5-12,15H,3-4,13-14H2/b12-9+. The molecule has 1 aliphatic rings. The summed E-state index contributed by atoms with van der Waals surface area (Å²) in [5.41, 5.74) is 2.35. The Balaban J connectivity index is 1.32. The van der Waals surface area contributed by atoms with Gasteiger partial charge < -0.3 is 14.1 Å². The van der Waals surface area contributed by atoms with Crippen molar-refractivity contribution in [3.05, 3.63) is 72.2 Å². The third-order valence-corrected chi connectivity index (χ3v) is 5.16. The van der Waals surface area contributed by atoms with E-state index in [1.54, 1.807) is 24.3 Å². The molecule has 1 aliphatic heterocycles. The van der Waals surface area contributed by atoms with Gasteiger partial charge in [-0.25, -0.2) is 14.4 Å². The van der Waals surface area contributed by atoms with E-state index in [1.807, 2.05) is 29.2 Å². The number of carbonyl (C=O) groups excluding carboxylic acids is 1. The molecule has 0 bridgehead atoms. The van der Waals surface area contributed by atoms with Crippen LogP contribution in [0.3, 0.4) is 0 Å². The molecule has 0 N–H and O–H groups in total. The van der Waals surface area contributed by atoms with Crippen molar-refractivity contribution < 1.29 is 18.3 Å². The molecular weight excluding hydrogens is 411 g/mol. The van der Waals surface area contributed by atoms with E-state index in [4.69, 9.17) is 9.15 Å². The molecule has 3 heterocycles. The van der Waals surface area contributed by atoms with Gasteiger partial charge in [-0.05, 0) is 48.7 Å². The molecular formula is C24H19FN4O3. The lowest BCUT2D eigenvalue weighted by atomic mass is 10.1. The topological polar surface area (TPSA) is 81.3 Å². The minimum absolute atomic E-state index is 0.0263. The van der Waals surface area contributed by atoms with Crippen LogP contribution in [-0.2, 0) is 4.79 Å². The summed E-state index contributed by atoms with van der Waals surface area (Å²) in [5.74, 6) is -0.0670. The number of oxazole rings is 1. The van der Waals surface area contributed by atoms with Crippen LogP contribution in [0.2, 0.25) is 0 Å². The fraction of sp³-hybridized carbons (Fsp3) is 0.167. The van der Waals surface area contributed by atoms with Crippen LogP contribution >= 0.6 is 0 Å². The Hall–Kier alpha value is -4.07. The monoisotopic (exact) mass is 430 g/mol. The van der Waals surface area contributed by atoms with Gasteiger partial charge in [0.2, 0.25) is 11.8 Å². The fourth-order valence-electron chi connectivity index (χ4n) is 3.47. The minimum atomic E-state index is -0.509. The zero-order valence-corrected chi connectivity index (χ0v) is 17.1. The summed E-state index contributed by atoms with van der Waals surface area (Å²) in [4.78, 5) is 26.6. The molecule has 0 aliphatic carbocycles. The number of amides is 1. The Kier molecular flexibility index (Phi) is 5.33. The Labute approximate surface area is 183 Å². The molecule has 32 heavy (non-hydrogen) atoms.